The van der Waals surface area contributed by atoms with Crippen molar-refractivity contribution < 1.29 is 4.39 Å². The summed E-state index contributed by atoms with van der Waals surface area (Å²) in [4.78, 5) is 0. The zero-order chi connectivity index (χ0) is 7.84. The molecule has 2 aromatic heterocycles. The SMILES string of the molecule is Fc1cc2ccnn2cc1Br. The van der Waals surface area contributed by atoms with Crippen molar-refractivity contribution in [2.45, 2.75) is 0 Å². The van der Waals surface area contributed by atoms with Gasteiger partial charge in [-0.25, -0.2) is 8.91 Å². The maximum Gasteiger partial charge on any atom is 0.141 e. The molecule has 0 aliphatic rings. The van der Waals surface area contributed by atoms with Crippen LogP contribution in [0.25, 0.3) is 5.52 Å². The lowest BCUT2D eigenvalue weighted by molar-refractivity contribution is 0.618. The second-order valence-corrected chi connectivity index (χ2v) is 3.02. The van der Waals surface area contributed by atoms with Gasteiger partial charge in [-0.1, -0.05) is 0 Å². The molecule has 0 atom stereocenters. The lowest BCUT2D eigenvalue weighted by Crippen LogP contribution is -1.88. The molecule has 0 aliphatic carbocycles. The van der Waals surface area contributed by atoms with E-state index >= 15 is 0 Å². The third kappa shape index (κ3) is 1.03. The van der Waals surface area contributed by atoms with Crippen molar-refractivity contribution in [2.24, 2.45) is 0 Å². The highest BCUT2D eigenvalue weighted by atomic mass is 79.9. The molecule has 0 fully saturated rings. The van der Waals surface area contributed by atoms with Gasteiger partial charge >= 0.3 is 0 Å². The van der Waals surface area contributed by atoms with E-state index in [1.165, 1.54) is 6.07 Å². The van der Waals surface area contributed by atoms with Crippen LogP contribution in [0, 0.1) is 5.82 Å². The van der Waals surface area contributed by atoms with Gasteiger partial charge in [-0.15, -0.1) is 0 Å². The van der Waals surface area contributed by atoms with E-state index in [2.05, 4.69) is 21.0 Å². The zero-order valence-corrected chi connectivity index (χ0v) is 7.05. The maximum atomic E-state index is 12.8. The van der Waals surface area contributed by atoms with E-state index in [4.69, 9.17) is 0 Å². The lowest BCUT2D eigenvalue weighted by atomic mass is 10.4. The van der Waals surface area contributed by atoms with Gasteiger partial charge < -0.3 is 0 Å². The van der Waals surface area contributed by atoms with Gasteiger partial charge in [0.1, 0.15) is 5.82 Å². The molecule has 0 amide bonds. The lowest BCUT2D eigenvalue weighted by Gasteiger charge is -1.95. The molecular formula is C7H4BrFN2. The van der Waals surface area contributed by atoms with Crippen LogP contribution in [0.5, 0.6) is 0 Å². The first kappa shape index (κ1) is 6.79. The minimum absolute atomic E-state index is 0.266. The van der Waals surface area contributed by atoms with E-state index in [0.29, 0.717) is 4.47 Å². The quantitative estimate of drug-likeness (QED) is 0.658. The van der Waals surface area contributed by atoms with Gasteiger partial charge in [0.15, 0.2) is 0 Å². The molecule has 2 nitrogen and oxygen atoms in total. The minimum atomic E-state index is -0.266. The van der Waals surface area contributed by atoms with E-state index in [0.717, 1.165) is 5.52 Å². The summed E-state index contributed by atoms with van der Waals surface area (Å²) in [6, 6.07) is 3.17. The molecule has 0 radical (unpaired) electrons. The Morgan fingerprint density at radius 3 is 3.18 bits per heavy atom. The number of fused-ring (bicyclic) bond motifs is 1. The highest BCUT2D eigenvalue weighted by Gasteiger charge is 2.00. The molecule has 0 bridgehead atoms. The molecule has 0 aliphatic heterocycles. The Morgan fingerprint density at radius 1 is 1.55 bits per heavy atom. The van der Waals surface area contributed by atoms with Gasteiger partial charge in [-0.05, 0) is 22.0 Å². The fourth-order valence-corrected chi connectivity index (χ4v) is 1.22. The number of hydrogen-bond donors (Lipinski definition) is 0. The summed E-state index contributed by atoms with van der Waals surface area (Å²) in [6.45, 7) is 0. The van der Waals surface area contributed by atoms with Crippen molar-refractivity contribution in [3.05, 3.63) is 34.8 Å². The summed E-state index contributed by atoms with van der Waals surface area (Å²) < 4.78 is 14.9. The summed E-state index contributed by atoms with van der Waals surface area (Å²) >= 11 is 3.07. The molecule has 2 rings (SSSR count). The molecule has 0 spiro atoms. The Kier molecular flexibility index (Phi) is 1.42. The fourth-order valence-electron chi connectivity index (χ4n) is 0.914. The Labute approximate surface area is 70.8 Å². The predicted octanol–water partition coefficient (Wildman–Crippen LogP) is 2.24. The summed E-state index contributed by atoms with van der Waals surface area (Å²) in [6.07, 6.45) is 3.21. The number of rotatable bonds is 0. The van der Waals surface area contributed by atoms with Crippen LogP contribution in [0.15, 0.2) is 29.0 Å². The van der Waals surface area contributed by atoms with Gasteiger partial charge in [0.05, 0.1) is 9.99 Å². The molecule has 11 heavy (non-hydrogen) atoms. The van der Waals surface area contributed by atoms with Crippen LogP contribution in [0.1, 0.15) is 0 Å². The number of hydrogen-bond acceptors (Lipinski definition) is 1. The van der Waals surface area contributed by atoms with Crippen LogP contribution in [0.4, 0.5) is 4.39 Å². The molecule has 0 N–H and O–H groups in total. The normalized spacial score (nSPS) is 10.7. The monoisotopic (exact) mass is 214 g/mol. The molecule has 4 heteroatoms. The van der Waals surface area contributed by atoms with Crippen LogP contribution >= 0.6 is 15.9 Å². The first-order chi connectivity index (χ1) is 5.27. The third-order valence-electron chi connectivity index (χ3n) is 1.44. The van der Waals surface area contributed by atoms with Crippen molar-refractivity contribution in [1.82, 2.24) is 9.61 Å². The summed E-state index contributed by atoms with van der Waals surface area (Å²) in [7, 11) is 0. The number of pyridine rings is 1. The van der Waals surface area contributed by atoms with Crippen LogP contribution < -0.4 is 0 Å². The van der Waals surface area contributed by atoms with E-state index in [1.807, 2.05) is 0 Å². The van der Waals surface area contributed by atoms with Gasteiger partial charge in [0.2, 0.25) is 0 Å². The first-order valence-electron chi connectivity index (χ1n) is 3.06. The molecule has 0 unspecified atom stereocenters. The third-order valence-corrected chi connectivity index (χ3v) is 2.02. The average Bonchev–Trinajstić information content (AvgIpc) is 2.36. The minimum Gasteiger partial charge on any atom is -0.240 e. The Morgan fingerprint density at radius 2 is 2.36 bits per heavy atom. The smallest absolute Gasteiger partial charge is 0.141 e. The molecular weight excluding hydrogens is 211 g/mol. The standard InChI is InChI=1S/C7H4BrFN2/c8-6-4-11-5(1-2-10-11)3-7(6)9/h1-4H. The van der Waals surface area contributed by atoms with E-state index in [1.54, 1.807) is 23.0 Å². The highest BCUT2D eigenvalue weighted by molar-refractivity contribution is 9.10. The van der Waals surface area contributed by atoms with E-state index in [9.17, 15) is 4.39 Å². The average molecular weight is 215 g/mol. The largest absolute Gasteiger partial charge is 0.240 e. The van der Waals surface area contributed by atoms with Crippen LogP contribution in [0.2, 0.25) is 0 Å². The van der Waals surface area contributed by atoms with E-state index < -0.39 is 0 Å². The second-order valence-electron chi connectivity index (χ2n) is 2.17. The predicted molar refractivity (Wildman–Crippen MR) is 42.9 cm³/mol. The van der Waals surface area contributed by atoms with E-state index in [-0.39, 0.29) is 5.82 Å². The Balaban J connectivity index is 2.86. The molecule has 0 saturated heterocycles. The van der Waals surface area contributed by atoms with Gasteiger partial charge in [-0.2, -0.15) is 5.10 Å². The number of halogens is 2. The van der Waals surface area contributed by atoms with Crippen LogP contribution in [0.3, 0.4) is 0 Å². The van der Waals surface area contributed by atoms with Crippen molar-refractivity contribution in [3.63, 3.8) is 0 Å². The van der Waals surface area contributed by atoms with Crippen molar-refractivity contribution >= 4 is 21.4 Å². The summed E-state index contributed by atoms with van der Waals surface area (Å²) in [5, 5.41) is 3.94. The summed E-state index contributed by atoms with van der Waals surface area (Å²) in [5.74, 6) is -0.266. The van der Waals surface area contributed by atoms with Gasteiger partial charge in [0.25, 0.3) is 0 Å². The van der Waals surface area contributed by atoms with Crippen molar-refractivity contribution in [1.29, 1.82) is 0 Å². The maximum absolute atomic E-state index is 12.8. The van der Waals surface area contributed by atoms with Crippen LogP contribution in [-0.2, 0) is 0 Å². The molecule has 0 saturated carbocycles. The zero-order valence-electron chi connectivity index (χ0n) is 5.46. The highest BCUT2D eigenvalue weighted by Crippen LogP contribution is 2.16. The van der Waals surface area contributed by atoms with Gasteiger partial charge in [-0.3, -0.25) is 0 Å². The summed E-state index contributed by atoms with van der Waals surface area (Å²) in [5.41, 5.74) is 0.755. The molecule has 56 valence electrons. The topological polar surface area (TPSA) is 17.3 Å². The molecule has 2 aromatic rings. The fraction of sp³-hybridized carbons (Fsp3) is 0. The van der Waals surface area contributed by atoms with Crippen LogP contribution in [-0.4, -0.2) is 9.61 Å². The van der Waals surface area contributed by atoms with Gasteiger partial charge in [0, 0.05) is 18.5 Å². The Bertz CT molecular complexity index is 360. The van der Waals surface area contributed by atoms with Crippen molar-refractivity contribution in [3.8, 4) is 0 Å². The number of nitrogens with zero attached hydrogens (tertiary/aromatic N) is 2. The van der Waals surface area contributed by atoms with Crippen molar-refractivity contribution in [2.75, 3.05) is 0 Å². The Hall–Kier alpha value is -0.900. The second kappa shape index (κ2) is 2.30. The number of aromatic nitrogens is 2. The first-order valence-corrected chi connectivity index (χ1v) is 3.85. The molecule has 2 heterocycles. The molecule has 0 aromatic carbocycles.